The highest BCUT2D eigenvalue weighted by molar-refractivity contribution is 6.35. The second-order valence-electron chi connectivity index (χ2n) is 9.89. The molecule has 0 aliphatic rings. The number of nitrogens with zero attached hydrogens (tertiary/aromatic N) is 1. The average molecular weight is 542 g/mol. The number of carbonyl (C=O) groups is 2. The van der Waals surface area contributed by atoms with Gasteiger partial charge in [0.25, 0.3) is 5.91 Å². The number of hydrogen-bond donors (Lipinski definition) is 1. The van der Waals surface area contributed by atoms with Crippen LogP contribution in [0.15, 0.2) is 72.8 Å². The quantitative estimate of drug-likeness (QED) is 0.321. The van der Waals surface area contributed by atoms with E-state index in [0.717, 1.165) is 11.1 Å². The first kappa shape index (κ1) is 28.5. The Morgan fingerprint density at radius 2 is 1.65 bits per heavy atom. The number of likely N-dealkylation sites (N-methyl/N-ethyl adjacent to an activating group) is 1. The van der Waals surface area contributed by atoms with Gasteiger partial charge in [-0.1, -0.05) is 98.6 Å². The van der Waals surface area contributed by atoms with Crippen molar-refractivity contribution in [2.24, 2.45) is 0 Å². The molecule has 3 aromatic carbocycles. The van der Waals surface area contributed by atoms with Crippen molar-refractivity contribution >= 4 is 35.0 Å². The molecule has 37 heavy (non-hydrogen) atoms. The van der Waals surface area contributed by atoms with E-state index in [2.05, 4.69) is 26.1 Å². The van der Waals surface area contributed by atoms with Crippen LogP contribution in [-0.4, -0.2) is 35.9 Å². The Balaban J connectivity index is 1.95. The summed E-state index contributed by atoms with van der Waals surface area (Å²) in [5.74, 6) is 0.0900. The van der Waals surface area contributed by atoms with Gasteiger partial charge in [0.1, 0.15) is 11.8 Å². The van der Waals surface area contributed by atoms with Gasteiger partial charge in [-0.05, 0) is 47.2 Å². The molecule has 0 bridgehead atoms. The molecule has 196 valence electrons. The average Bonchev–Trinajstić information content (AvgIpc) is 2.86. The van der Waals surface area contributed by atoms with Gasteiger partial charge in [0.2, 0.25) is 5.91 Å². The number of carbonyl (C=O) groups excluding carboxylic acids is 2. The van der Waals surface area contributed by atoms with Gasteiger partial charge >= 0.3 is 0 Å². The molecule has 0 aliphatic carbocycles. The van der Waals surface area contributed by atoms with Gasteiger partial charge in [-0.2, -0.15) is 0 Å². The normalized spacial score (nSPS) is 12.1. The highest BCUT2D eigenvalue weighted by atomic mass is 35.5. The molecule has 1 atom stereocenters. The molecule has 1 N–H and O–H groups in total. The number of para-hydroxylation sites is 1. The number of benzene rings is 3. The molecule has 0 heterocycles. The van der Waals surface area contributed by atoms with E-state index < -0.39 is 6.04 Å². The Bertz CT molecular complexity index is 1210. The Hall–Kier alpha value is -3.02. The molecule has 5 nitrogen and oxygen atoms in total. The number of hydrogen-bond acceptors (Lipinski definition) is 3. The van der Waals surface area contributed by atoms with Crippen LogP contribution in [0.3, 0.4) is 0 Å². The predicted octanol–water partition coefficient (Wildman–Crippen LogP) is 6.45. The fourth-order valence-electron chi connectivity index (χ4n) is 4.11. The van der Waals surface area contributed by atoms with Crippen molar-refractivity contribution < 1.29 is 14.3 Å². The van der Waals surface area contributed by atoms with Crippen LogP contribution in [0.5, 0.6) is 5.75 Å². The second kappa shape index (κ2) is 13.0. The van der Waals surface area contributed by atoms with E-state index in [-0.39, 0.29) is 30.4 Å². The van der Waals surface area contributed by atoms with E-state index in [9.17, 15) is 9.59 Å². The summed E-state index contributed by atoms with van der Waals surface area (Å²) in [7, 11) is 0. The van der Waals surface area contributed by atoms with Crippen molar-refractivity contribution in [3.63, 3.8) is 0 Å². The minimum Gasteiger partial charge on any atom is -0.483 e. The summed E-state index contributed by atoms with van der Waals surface area (Å²) in [5, 5.41) is 3.81. The molecule has 7 heteroatoms. The molecular weight excluding hydrogens is 507 g/mol. The maximum absolute atomic E-state index is 13.8. The van der Waals surface area contributed by atoms with Crippen LogP contribution < -0.4 is 10.1 Å². The smallest absolute Gasteiger partial charge is 0.261 e. The lowest BCUT2D eigenvalue weighted by molar-refractivity contribution is -0.142. The monoisotopic (exact) mass is 540 g/mol. The lowest BCUT2D eigenvalue weighted by Gasteiger charge is -2.32. The molecule has 0 aliphatic heterocycles. The molecule has 0 saturated carbocycles. The standard InChI is InChI=1S/C30H34Cl2N2O3/c1-5-33-29(36)26(17-21-11-7-6-8-12-21)34(19-22-15-16-23(31)18-25(22)32)28(35)20-37-27-14-10-9-13-24(27)30(2,3)4/h6-16,18,26H,5,17,19-20H2,1-4H3,(H,33,36)/t26-/m0/s1. The molecular formula is C30H34Cl2N2O3. The van der Waals surface area contributed by atoms with Crippen molar-refractivity contribution in [2.45, 2.75) is 52.1 Å². The van der Waals surface area contributed by atoms with Crippen LogP contribution in [-0.2, 0) is 28.0 Å². The van der Waals surface area contributed by atoms with Crippen molar-refractivity contribution in [3.05, 3.63) is 99.5 Å². The van der Waals surface area contributed by atoms with E-state index in [1.807, 2.05) is 61.5 Å². The van der Waals surface area contributed by atoms with Gasteiger partial charge in [-0.25, -0.2) is 0 Å². The molecule has 0 radical (unpaired) electrons. The predicted molar refractivity (Wildman–Crippen MR) is 150 cm³/mol. The molecule has 0 fully saturated rings. The van der Waals surface area contributed by atoms with Crippen LogP contribution in [0, 0.1) is 0 Å². The zero-order valence-electron chi connectivity index (χ0n) is 21.8. The van der Waals surface area contributed by atoms with E-state index in [1.165, 1.54) is 0 Å². The summed E-state index contributed by atoms with van der Waals surface area (Å²) < 4.78 is 6.06. The minimum atomic E-state index is -0.761. The van der Waals surface area contributed by atoms with Gasteiger partial charge in [-0.15, -0.1) is 0 Å². The van der Waals surface area contributed by atoms with Crippen molar-refractivity contribution in [1.82, 2.24) is 10.2 Å². The van der Waals surface area contributed by atoms with Crippen LogP contribution in [0.25, 0.3) is 0 Å². The van der Waals surface area contributed by atoms with Crippen molar-refractivity contribution in [1.29, 1.82) is 0 Å². The zero-order valence-corrected chi connectivity index (χ0v) is 23.3. The summed E-state index contributed by atoms with van der Waals surface area (Å²) in [6, 6.07) is 21.7. The molecule has 0 saturated heterocycles. The van der Waals surface area contributed by atoms with Crippen LogP contribution >= 0.6 is 23.2 Å². The SMILES string of the molecule is CCNC(=O)[C@H](Cc1ccccc1)N(Cc1ccc(Cl)cc1Cl)C(=O)COc1ccccc1C(C)(C)C. The fourth-order valence-corrected chi connectivity index (χ4v) is 4.58. The van der Waals surface area contributed by atoms with Crippen molar-refractivity contribution in [2.75, 3.05) is 13.2 Å². The number of halogens is 2. The fraction of sp³-hybridized carbons (Fsp3) is 0.333. The third-order valence-corrected chi connectivity index (χ3v) is 6.61. The Labute approximate surface area is 229 Å². The second-order valence-corrected chi connectivity index (χ2v) is 10.7. The molecule has 3 aromatic rings. The van der Waals surface area contributed by atoms with E-state index in [4.69, 9.17) is 27.9 Å². The highest BCUT2D eigenvalue weighted by Crippen LogP contribution is 2.31. The Morgan fingerprint density at radius 1 is 0.973 bits per heavy atom. The van der Waals surface area contributed by atoms with Crippen LogP contribution in [0.4, 0.5) is 0 Å². The van der Waals surface area contributed by atoms with Gasteiger partial charge in [-0.3, -0.25) is 9.59 Å². The molecule has 3 rings (SSSR count). The third kappa shape index (κ3) is 7.98. The molecule has 0 unspecified atom stereocenters. The van der Waals surface area contributed by atoms with E-state index in [0.29, 0.717) is 34.3 Å². The Morgan fingerprint density at radius 3 is 2.30 bits per heavy atom. The van der Waals surface area contributed by atoms with Gasteiger partial charge in [0.15, 0.2) is 6.61 Å². The number of nitrogens with one attached hydrogen (secondary N) is 1. The summed E-state index contributed by atoms with van der Waals surface area (Å²) in [6.07, 6.45) is 0.349. The first-order valence-electron chi connectivity index (χ1n) is 12.4. The lowest BCUT2D eigenvalue weighted by atomic mass is 9.86. The first-order valence-corrected chi connectivity index (χ1v) is 13.1. The highest BCUT2D eigenvalue weighted by Gasteiger charge is 2.31. The van der Waals surface area contributed by atoms with Gasteiger partial charge < -0.3 is 15.0 Å². The minimum absolute atomic E-state index is 0.133. The molecule has 2 amide bonds. The topological polar surface area (TPSA) is 58.6 Å². The summed E-state index contributed by atoms with van der Waals surface area (Å²) in [5.41, 5.74) is 2.47. The van der Waals surface area contributed by atoms with Crippen molar-refractivity contribution in [3.8, 4) is 5.75 Å². The largest absolute Gasteiger partial charge is 0.483 e. The number of rotatable bonds is 10. The summed E-state index contributed by atoms with van der Waals surface area (Å²) in [4.78, 5) is 28.6. The van der Waals surface area contributed by atoms with Gasteiger partial charge in [0.05, 0.1) is 0 Å². The van der Waals surface area contributed by atoms with E-state index in [1.54, 1.807) is 23.1 Å². The zero-order chi connectivity index (χ0) is 27.0. The molecule has 0 aromatic heterocycles. The van der Waals surface area contributed by atoms with Crippen LogP contribution in [0.2, 0.25) is 10.0 Å². The molecule has 0 spiro atoms. The summed E-state index contributed by atoms with van der Waals surface area (Å²) in [6.45, 7) is 8.50. The van der Waals surface area contributed by atoms with Gasteiger partial charge in [0, 0.05) is 29.6 Å². The number of amides is 2. The maximum atomic E-state index is 13.8. The first-order chi connectivity index (χ1) is 17.6. The third-order valence-electron chi connectivity index (χ3n) is 6.02. The Kier molecular flexibility index (Phi) is 10.0. The lowest BCUT2D eigenvalue weighted by Crippen LogP contribution is -2.51. The van der Waals surface area contributed by atoms with Crippen LogP contribution in [0.1, 0.15) is 44.4 Å². The van der Waals surface area contributed by atoms with E-state index >= 15 is 0 Å². The maximum Gasteiger partial charge on any atom is 0.261 e. The summed E-state index contributed by atoms with van der Waals surface area (Å²) >= 11 is 12.6. The number of ether oxygens (including phenoxy) is 1.